The Kier molecular flexibility index (Phi) is 6.51. The van der Waals surface area contributed by atoms with Crippen LogP contribution in [-0.2, 0) is 22.6 Å². The summed E-state index contributed by atoms with van der Waals surface area (Å²) >= 11 is 0. The van der Waals surface area contributed by atoms with Crippen LogP contribution in [0.4, 0.5) is 0 Å². The topological polar surface area (TPSA) is 76.4 Å². The van der Waals surface area contributed by atoms with Crippen LogP contribution in [-0.4, -0.2) is 75.3 Å². The number of hydrogen-bond donors (Lipinski definition) is 0. The number of hydrogen-bond acceptors (Lipinski definition) is 6. The third kappa shape index (κ3) is 5.00. The zero-order chi connectivity index (χ0) is 20.1. The summed E-state index contributed by atoms with van der Waals surface area (Å²) in [6, 6.07) is 8.53. The number of aryl methyl sites for hydroxylation is 2. The van der Waals surface area contributed by atoms with Crippen molar-refractivity contribution in [2.45, 2.75) is 45.2 Å². The van der Waals surface area contributed by atoms with Crippen molar-refractivity contribution in [1.29, 1.82) is 0 Å². The minimum atomic E-state index is 0.191. The summed E-state index contributed by atoms with van der Waals surface area (Å²) in [6.45, 7) is 8.30. The fourth-order valence-electron chi connectivity index (χ4n) is 4.33. The zero-order valence-electron chi connectivity index (χ0n) is 17.2. The summed E-state index contributed by atoms with van der Waals surface area (Å²) in [5, 5.41) is 12.1. The maximum Gasteiger partial charge on any atom is 0.224 e. The maximum atomic E-state index is 12.9. The van der Waals surface area contributed by atoms with E-state index < -0.39 is 0 Å². The summed E-state index contributed by atoms with van der Waals surface area (Å²) in [4.78, 5) is 17.2. The molecule has 4 rings (SSSR count). The van der Waals surface area contributed by atoms with Crippen LogP contribution in [0.2, 0.25) is 0 Å². The molecule has 1 amide bonds. The highest BCUT2D eigenvalue weighted by Crippen LogP contribution is 2.29. The van der Waals surface area contributed by atoms with E-state index in [1.54, 1.807) is 4.68 Å². The Morgan fingerprint density at radius 3 is 2.86 bits per heavy atom. The van der Waals surface area contributed by atoms with E-state index in [2.05, 4.69) is 51.6 Å². The first-order valence-corrected chi connectivity index (χ1v) is 10.6. The monoisotopic (exact) mass is 398 g/mol. The molecule has 8 heteroatoms. The lowest BCUT2D eigenvalue weighted by Gasteiger charge is -2.33. The lowest BCUT2D eigenvalue weighted by Crippen LogP contribution is -2.39. The maximum absolute atomic E-state index is 12.9. The lowest BCUT2D eigenvalue weighted by atomic mass is 9.88. The number of piperidine rings is 1. The Hall–Kier alpha value is -2.32. The fourth-order valence-corrected chi connectivity index (χ4v) is 4.33. The molecule has 2 aromatic rings. The number of likely N-dealkylation sites (tertiary alicyclic amines) is 1. The van der Waals surface area contributed by atoms with E-state index in [0.29, 0.717) is 25.4 Å². The van der Waals surface area contributed by atoms with Crippen LogP contribution in [0.25, 0.3) is 0 Å². The largest absolute Gasteiger partial charge is 0.379 e. The van der Waals surface area contributed by atoms with E-state index in [9.17, 15) is 4.79 Å². The van der Waals surface area contributed by atoms with Gasteiger partial charge in [0, 0.05) is 38.5 Å². The second-order valence-electron chi connectivity index (χ2n) is 7.99. The van der Waals surface area contributed by atoms with Crippen molar-refractivity contribution in [3.05, 3.63) is 41.2 Å². The number of carbonyl (C=O) groups is 1. The molecule has 2 aliphatic rings. The molecule has 1 aromatic carbocycles. The van der Waals surface area contributed by atoms with Gasteiger partial charge < -0.3 is 9.64 Å². The average Bonchev–Trinajstić information content (AvgIpc) is 3.20. The lowest BCUT2D eigenvalue weighted by molar-refractivity contribution is -0.132. The predicted molar refractivity (Wildman–Crippen MR) is 108 cm³/mol. The molecule has 0 aliphatic carbocycles. The third-order valence-electron chi connectivity index (χ3n) is 6.01. The average molecular weight is 399 g/mol. The van der Waals surface area contributed by atoms with Crippen LogP contribution in [0.5, 0.6) is 0 Å². The van der Waals surface area contributed by atoms with Gasteiger partial charge in [0.15, 0.2) is 5.82 Å². The molecular weight excluding hydrogens is 368 g/mol. The molecule has 1 atom stereocenters. The van der Waals surface area contributed by atoms with Crippen LogP contribution in [0.1, 0.15) is 42.1 Å². The molecule has 156 valence electrons. The molecule has 2 fully saturated rings. The van der Waals surface area contributed by atoms with Crippen LogP contribution in [0.3, 0.4) is 0 Å². The molecule has 2 saturated heterocycles. The number of carbonyl (C=O) groups excluding carboxylic acids is 1. The molecule has 29 heavy (non-hydrogen) atoms. The number of amides is 1. The van der Waals surface area contributed by atoms with Crippen LogP contribution in [0.15, 0.2) is 24.3 Å². The van der Waals surface area contributed by atoms with E-state index in [0.717, 1.165) is 58.1 Å². The van der Waals surface area contributed by atoms with E-state index >= 15 is 0 Å². The van der Waals surface area contributed by atoms with Gasteiger partial charge in [-0.1, -0.05) is 24.3 Å². The molecule has 0 radical (unpaired) electrons. The van der Waals surface area contributed by atoms with Gasteiger partial charge in [-0.25, -0.2) is 4.68 Å². The number of benzene rings is 1. The van der Waals surface area contributed by atoms with Crippen molar-refractivity contribution in [3.63, 3.8) is 0 Å². The second kappa shape index (κ2) is 9.45. The van der Waals surface area contributed by atoms with Crippen LogP contribution < -0.4 is 0 Å². The van der Waals surface area contributed by atoms with Gasteiger partial charge in [-0.15, -0.1) is 5.10 Å². The second-order valence-corrected chi connectivity index (χ2v) is 7.99. The summed E-state index contributed by atoms with van der Waals surface area (Å²) in [5.41, 5.74) is 2.69. The molecule has 1 unspecified atom stereocenters. The van der Waals surface area contributed by atoms with Crippen molar-refractivity contribution in [2.24, 2.45) is 0 Å². The smallest absolute Gasteiger partial charge is 0.224 e. The first-order valence-electron chi connectivity index (χ1n) is 10.6. The van der Waals surface area contributed by atoms with Crippen molar-refractivity contribution in [3.8, 4) is 0 Å². The van der Waals surface area contributed by atoms with Gasteiger partial charge in [0.25, 0.3) is 0 Å². The zero-order valence-corrected chi connectivity index (χ0v) is 17.2. The number of ether oxygens (including phenoxy) is 1. The van der Waals surface area contributed by atoms with E-state index in [4.69, 9.17) is 4.74 Å². The third-order valence-corrected chi connectivity index (χ3v) is 6.01. The van der Waals surface area contributed by atoms with Crippen molar-refractivity contribution in [1.82, 2.24) is 30.0 Å². The van der Waals surface area contributed by atoms with Gasteiger partial charge in [-0.05, 0) is 41.3 Å². The number of morpholine rings is 1. The number of tetrazole rings is 1. The molecule has 2 aliphatic heterocycles. The Labute approximate surface area is 171 Å². The highest BCUT2D eigenvalue weighted by Gasteiger charge is 2.25. The van der Waals surface area contributed by atoms with Gasteiger partial charge in [0.2, 0.25) is 5.91 Å². The Morgan fingerprint density at radius 1 is 1.21 bits per heavy atom. The van der Waals surface area contributed by atoms with Crippen molar-refractivity contribution in [2.75, 3.05) is 39.4 Å². The molecule has 0 saturated carbocycles. The van der Waals surface area contributed by atoms with E-state index in [1.165, 1.54) is 11.1 Å². The fraction of sp³-hybridized carbons (Fsp3) is 0.619. The van der Waals surface area contributed by atoms with Gasteiger partial charge in [-0.2, -0.15) is 0 Å². The Bertz CT molecular complexity index is 817. The highest BCUT2D eigenvalue weighted by molar-refractivity contribution is 5.76. The van der Waals surface area contributed by atoms with Gasteiger partial charge in [0.1, 0.15) is 0 Å². The molecule has 8 nitrogen and oxygen atoms in total. The molecule has 3 heterocycles. The quantitative estimate of drug-likeness (QED) is 0.736. The number of nitrogens with zero attached hydrogens (tertiary/aromatic N) is 6. The molecule has 0 N–H and O–H groups in total. The molecular formula is C21H30N6O2. The normalized spacial score (nSPS) is 20.7. The SMILES string of the molecule is Cc1ccccc1C1CCCN(C(=O)CCn2nnnc2CN2CCOCC2)C1. The first-order chi connectivity index (χ1) is 14.2. The standard InChI is InChI=1S/C21H30N6O2/c1-17-5-2-3-7-19(17)18-6-4-9-26(15-18)21(28)8-10-27-20(22-23-24-27)16-25-11-13-29-14-12-25/h2-3,5,7,18H,4,6,8-16H2,1H3. The summed E-state index contributed by atoms with van der Waals surface area (Å²) in [6.07, 6.45) is 2.63. The van der Waals surface area contributed by atoms with Crippen molar-refractivity contribution >= 4 is 5.91 Å². The van der Waals surface area contributed by atoms with Gasteiger partial charge in [0.05, 0.1) is 26.3 Å². The van der Waals surface area contributed by atoms with E-state index in [1.807, 2.05) is 4.90 Å². The molecule has 0 spiro atoms. The van der Waals surface area contributed by atoms with Crippen LogP contribution in [0, 0.1) is 6.92 Å². The predicted octanol–water partition coefficient (Wildman–Crippen LogP) is 1.61. The van der Waals surface area contributed by atoms with E-state index in [-0.39, 0.29) is 5.91 Å². The summed E-state index contributed by atoms with van der Waals surface area (Å²) in [5.74, 6) is 1.44. The molecule has 1 aromatic heterocycles. The van der Waals surface area contributed by atoms with Crippen molar-refractivity contribution < 1.29 is 9.53 Å². The number of aromatic nitrogens is 4. The number of rotatable bonds is 6. The first kappa shape index (κ1) is 20.0. The van der Waals surface area contributed by atoms with Gasteiger partial charge in [-0.3, -0.25) is 9.69 Å². The van der Waals surface area contributed by atoms with Gasteiger partial charge >= 0.3 is 0 Å². The Balaban J connectivity index is 1.32. The molecule has 0 bridgehead atoms. The van der Waals surface area contributed by atoms with Crippen LogP contribution >= 0.6 is 0 Å². The minimum absolute atomic E-state index is 0.191. The Morgan fingerprint density at radius 2 is 2.03 bits per heavy atom. The highest BCUT2D eigenvalue weighted by atomic mass is 16.5. The summed E-state index contributed by atoms with van der Waals surface area (Å²) < 4.78 is 7.17. The minimum Gasteiger partial charge on any atom is -0.379 e. The summed E-state index contributed by atoms with van der Waals surface area (Å²) in [7, 11) is 0.